The van der Waals surface area contributed by atoms with Gasteiger partial charge in [0.05, 0.1) is 23.1 Å². The molecule has 17 heteroatoms. The van der Waals surface area contributed by atoms with E-state index in [1.807, 2.05) is 0 Å². The number of carbonyl (C=O) groups excluding carboxylic acids is 7. The third-order valence-corrected chi connectivity index (χ3v) is 11.1. The molecule has 2 aliphatic heterocycles. The van der Waals surface area contributed by atoms with E-state index in [2.05, 4.69) is 4.98 Å². The lowest BCUT2D eigenvalue weighted by atomic mass is 9.46. The van der Waals surface area contributed by atoms with E-state index in [1.165, 1.54) is 39.1 Å². The van der Waals surface area contributed by atoms with Crippen molar-refractivity contribution in [3.63, 3.8) is 0 Å². The van der Waals surface area contributed by atoms with E-state index >= 15 is 0 Å². The van der Waals surface area contributed by atoms with Crippen molar-refractivity contribution in [1.29, 1.82) is 0 Å². The Bertz CT molecular complexity index is 1700. The van der Waals surface area contributed by atoms with Gasteiger partial charge in [-0.2, -0.15) is 0 Å². The van der Waals surface area contributed by atoms with Crippen LogP contribution in [0.1, 0.15) is 84.3 Å². The van der Waals surface area contributed by atoms with Gasteiger partial charge < -0.3 is 43.0 Å². The molecule has 13 atom stereocenters. The SMILES string of the molecule is CC(=O)OC[C@]12[C@H](OC(C)=O)[C@@H](OC(C)=O)[C@@H]3[C@@H](OC(C)=O)[C@@]14O[C@@]3(C)COC(=O)c1cccnc1[C@@H](C)[C@H](C)C(=O)O[C@@H]([C@H](O)[C@@H]2OC(C)=O)[C@H]4C. The average Bonchev–Trinajstić information content (AvgIpc) is 3.28. The van der Waals surface area contributed by atoms with Crippen LogP contribution in [0.2, 0.25) is 0 Å². The smallest absolute Gasteiger partial charge is 0.340 e. The number of carbonyl (C=O) groups is 7. The summed E-state index contributed by atoms with van der Waals surface area (Å²) in [6, 6.07) is 2.98. The highest BCUT2D eigenvalue weighted by atomic mass is 16.7. The first-order chi connectivity index (χ1) is 24.7. The third kappa shape index (κ3) is 6.40. The molecule has 1 aromatic rings. The van der Waals surface area contributed by atoms with Crippen LogP contribution >= 0.6 is 0 Å². The molecule has 0 amide bonds. The Balaban J connectivity index is 1.92. The number of aliphatic hydroxyl groups is 1. The summed E-state index contributed by atoms with van der Waals surface area (Å²) in [5.41, 5.74) is -6.03. The fourth-order valence-electron chi connectivity index (χ4n) is 8.95. The highest BCUT2D eigenvalue weighted by molar-refractivity contribution is 5.91. The van der Waals surface area contributed by atoms with Gasteiger partial charge in [-0.3, -0.25) is 33.8 Å². The van der Waals surface area contributed by atoms with Gasteiger partial charge in [-0.15, -0.1) is 0 Å². The Morgan fingerprint density at radius 3 is 2.02 bits per heavy atom. The van der Waals surface area contributed by atoms with Gasteiger partial charge in [-0.25, -0.2) is 4.79 Å². The second kappa shape index (κ2) is 14.3. The number of fused-ring (bicyclic) bond motifs is 5. The van der Waals surface area contributed by atoms with E-state index in [4.69, 9.17) is 37.9 Å². The van der Waals surface area contributed by atoms with Crippen molar-refractivity contribution in [3.8, 4) is 0 Å². The summed E-state index contributed by atoms with van der Waals surface area (Å²) in [5.74, 6) is -10.6. The van der Waals surface area contributed by atoms with Crippen molar-refractivity contribution in [2.45, 2.75) is 116 Å². The van der Waals surface area contributed by atoms with E-state index in [-0.39, 0.29) is 11.3 Å². The molecule has 3 heterocycles. The standard InChI is InChI=1S/C36H45NO16/c1-15-16(2)32(44)52-27-17(3)36-29(49-20(6)40)24(34(9,53-36)13-47-33(45)23-11-10-12-37-25(15)23)28(48-19(5)39)31(51-22(8)42)35(36,14-46-18(4)38)30(26(27)43)50-21(7)41/h10-12,15-17,24,26-31,43H,13-14H2,1-9H3/t15-,16-,17+,24+,26-,27+,28-,29+,30-,31+,34-,35-,36+/m0/s1. The van der Waals surface area contributed by atoms with Crippen LogP contribution in [0, 0.1) is 23.2 Å². The monoisotopic (exact) mass is 747 g/mol. The average molecular weight is 748 g/mol. The first kappa shape index (κ1) is 39.6. The summed E-state index contributed by atoms with van der Waals surface area (Å²) in [5, 5.41) is 12.3. The van der Waals surface area contributed by atoms with Crippen LogP contribution in [0.25, 0.3) is 0 Å². The predicted octanol–water partition coefficient (Wildman–Crippen LogP) is 1.35. The minimum absolute atomic E-state index is 0.0260. The Kier molecular flexibility index (Phi) is 10.7. The molecule has 2 aliphatic carbocycles. The number of aliphatic hydroxyl groups excluding tert-OH is 1. The molecule has 0 radical (unpaired) electrons. The van der Waals surface area contributed by atoms with Crippen molar-refractivity contribution in [2.24, 2.45) is 23.2 Å². The van der Waals surface area contributed by atoms with Gasteiger partial charge in [0.1, 0.15) is 60.4 Å². The van der Waals surface area contributed by atoms with Crippen molar-refractivity contribution in [2.75, 3.05) is 13.2 Å². The lowest BCUT2D eigenvalue weighted by molar-refractivity contribution is -0.349. The van der Waals surface area contributed by atoms with Crippen LogP contribution in [0.5, 0.6) is 0 Å². The van der Waals surface area contributed by atoms with E-state index in [1.54, 1.807) is 6.92 Å². The van der Waals surface area contributed by atoms with Gasteiger partial charge in [-0.05, 0) is 19.1 Å². The fraction of sp³-hybridized carbons (Fsp3) is 0.667. The molecular weight excluding hydrogens is 702 g/mol. The summed E-state index contributed by atoms with van der Waals surface area (Å²) >= 11 is 0. The largest absolute Gasteiger partial charge is 0.465 e. The molecule has 4 aliphatic rings. The second-order valence-corrected chi connectivity index (χ2v) is 14.5. The Morgan fingerprint density at radius 1 is 0.849 bits per heavy atom. The molecule has 0 unspecified atom stereocenters. The van der Waals surface area contributed by atoms with Crippen molar-refractivity contribution in [1.82, 2.24) is 4.98 Å². The molecule has 17 nitrogen and oxygen atoms in total. The molecule has 1 aromatic heterocycles. The number of hydrogen-bond donors (Lipinski definition) is 1. The van der Waals surface area contributed by atoms with Gasteiger partial charge in [0, 0.05) is 52.7 Å². The van der Waals surface area contributed by atoms with Gasteiger partial charge in [0.2, 0.25) is 0 Å². The van der Waals surface area contributed by atoms with E-state index in [9.17, 15) is 38.7 Å². The first-order valence-electron chi connectivity index (χ1n) is 17.3. The Labute approximate surface area is 305 Å². The molecule has 290 valence electrons. The zero-order valence-corrected chi connectivity index (χ0v) is 30.9. The molecule has 3 fully saturated rings. The van der Waals surface area contributed by atoms with Gasteiger partial charge in [0.25, 0.3) is 0 Å². The number of pyridine rings is 1. The molecule has 2 saturated carbocycles. The number of esters is 7. The number of rotatable bonds is 6. The third-order valence-electron chi connectivity index (χ3n) is 11.1. The lowest BCUT2D eigenvalue weighted by Gasteiger charge is -2.65. The molecule has 53 heavy (non-hydrogen) atoms. The van der Waals surface area contributed by atoms with Crippen molar-refractivity contribution in [3.05, 3.63) is 29.6 Å². The van der Waals surface area contributed by atoms with E-state index < -0.39 is 132 Å². The van der Waals surface area contributed by atoms with Crippen molar-refractivity contribution >= 4 is 41.8 Å². The molecule has 4 bridgehead atoms. The summed E-state index contributed by atoms with van der Waals surface area (Å²) in [4.78, 5) is 96.9. The molecule has 1 N–H and O–H groups in total. The van der Waals surface area contributed by atoms with Crippen LogP contribution < -0.4 is 0 Å². The minimum atomic E-state index is -2.28. The zero-order chi connectivity index (χ0) is 39.4. The molecule has 1 saturated heterocycles. The topological polar surface area (TPSA) is 226 Å². The van der Waals surface area contributed by atoms with Crippen molar-refractivity contribution < 1.29 is 76.6 Å². The zero-order valence-electron chi connectivity index (χ0n) is 30.9. The molecule has 0 aromatic carbocycles. The predicted molar refractivity (Wildman–Crippen MR) is 174 cm³/mol. The van der Waals surface area contributed by atoms with Crippen LogP contribution in [-0.2, 0) is 66.7 Å². The van der Waals surface area contributed by atoms with Crippen LogP contribution in [0.15, 0.2) is 18.3 Å². The second-order valence-electron chi connectivity index (χ2n) is 14.5. The summed E-state index contributed by atoms with van der Waals surface area (Å²) in [6.45, 7) is 10.1. The molecular formula is C36H45NO16. The highest BCUT2D eigenvalue weighted by Gasteiger charge is 2.87. The quantitative estimate of drug-likeness (QED) is 0.320. The maximum atomic E-state index is 14.1. The summed E-state index contributed by atoms with van der Waals surface area (Å²) < 4.78 is 48.5. The molecule has 5 rings (SSSR count). The number of aromatic nitrogens is 1. The maximum absolute atomic E-state index is 14.1. The summed E-state index contributed by atoms with van der Waals surface area (Å²) in [6.07, 6.45) is -9.02. The normalized spacial score (nSPS) is 38.9. The lowest BCUT2D eigenvalue weighted by Crippen LogP contribution is -2.83. The van der Waals surface area contributed by atoms with Crippen LogP contribution in [-0.4, -0.2) is 113 Å². The maximum Gasteiger partial charge on any atom is 0.340 e. The number of nitrogens with zero attached hydrogens (tertiary/aromatic N) is 1. The van der Waals surface area contributed by atoms with Gasteiger partial charge >= 0.3 is 41.8 Å². The Hall–Kier alpha value is -4.64. The van der Waals surface area contributed by atoms with Crippen LogP contribution in [0.3, 0.4) is 0 Å². The van der Waals surface area contributed by atoms with E-state index in [0.29, 0.717) is 0 Å². The van der Waals surface area contributed by atoms with E-state index in [0.717, 1.165) is 34.6 Å². The fourth-order valence-corrected chi connectivity index (χ4v) is 8.95. The summed E-state index contributed by atoms with van der Waals surface area (Å²) in [7, 11) is 0. The van der Waals surface area contributed by atoms with Gasteiger partial charge in [0.15, 0.2) is 6.10 Å². The minimum Gasteiger partial charge on any atom is -0.465 e. The highest BCUT2D eigenvalue weighted by Crippen LogP contribution is 2.69. The number of hydrogen-bond acceptors (Lipinski definition) is 17. The van der Waals surface area contributed by atoms with Crippen LogP contribution in [0.4, 0.5) is 0 Å². The molecule has 1 spiro atoms. The van der Waals surface area contributed by atoms with Gasteiger partial charge in [-0.1, -0.05) is 20.8 Å². The Morgan fingerprint density at radius 2 is 1.43 bits per heavy atom. The number of ether oxygens (including phenoxy) is 8. The first-order valence-corrected chi connectivity index (χ1v) is 17.3. The number of cyclic esters (lactones) is 1.